The highest BCUT2D eigenvalue weighted by Gasteiger charge is 2.33. The first-order valence-electron chi connectivity index (χ1n) is 9.10. The largest absolute Gasteiger partial charge is 0.762 e. The zero-order valence-electron chi connectivity index (χ0n) is 16.4. The number of hydrogen-bond acceptors (Lipinski definition) is 6. The first kappa shape index (κ1) is 22.7. The first-order chi connectivity index (χ1) is 14.5. The van der Waals surface area contributed by atoms with Crippen molar-refractivity contribution in [2.75, 3.05) is 33.4 Å². The van der Waals surface area contributed by atoms with Gasteiger partial charge in [-0.05, 0) is 11.6 Å². The van der Waals surface area contributed by atoms with E-state index in [1.807, 2.05) is 12.1 Å². The molecule has 1 atom stereocenters. The number of dihydropyridines is 1. The number of quaternary nitrogens is 1. The van der Waals surface area contributed by atoms with Crippen molar-refractivity contribution in [3.63, 3.8) is 0 Å². The second-order valence-corrected chi connectivity index (χ2v) is 6.99. The molecule has 1 saturated heterocycles. The van der Waals surface area contributed by atoms with Gasteiger partial charge >= 0.3 is 0 Å². The molecular weight excluding hydrogens is 402 g/mol. The lowest BCUT2D eigenvalue weighted by Gasteiger charge is -2.27. The molecule has 1 aromatic carbocycles. The molecular formula is C21H20ClN7O. The Hall–Kier alpha value is -3.57. The Balaban J connectivity index is 0.000000386. The maximum absolute atomic E-state index is 9.53. The Morgan fingerprint density at radius 1 is 1.20 bits per heavy atom. The second-order valence-electron chi connectivity index (χ2n) is 6.59. The molecule has 2 heterocycles. The number of morpholine rings is 1. The van der Waals surface area contributed by atoms with Gasteiger partial charge in [0, 0.05) is 5.02 Å². The van der Waals surface area contributed by atoms with E-state index in [9.17, 15) is 10.5 Å². The normalized spacial score (nSPS) is 18.6. The molecule has 1 unspecified atom stereocenters. The Morgan fingerprint density at radius 2 is 1.83 bits per heavy atom. The van der Waals surface area contributed by atoms with Crippen LogP contribution in [0.1, 0.15) is 11.5 Å². The molecule has 0 radical (unpaired) electrons. The zero-order valence-corrected chi connectivity index (χ0v) is 17.1. The number of nitriles is 3. The summed E-state index contributed by atoms with van der Waals surface area (Å²) in [4.78, 5) is 1.59. The van der Waals surface area contributed by atoms with Gasteiger partial charge in [0.1, 0.15) is 25.0 Å². The van der Waals surface area contributed by atoms with Crippen LogP contribution in [-0.4, -0.2) is 39.2 Å². The topological polar surface area (TPSA) is 145 Å². The van der Waals surface area contributed by atoms with E-state index >= 15 is 0 Å². The SMILES string of the molecule is C[NH+]1CCOCC1.N#CC(=C=[N-])C1=C(C#N)C(c2ccccc2Cl)C(C#N)=C(N)N1. The van der Waals surface area contributed by atoms with Crippen LogP contribution in [0.25, 0.3) is 5.41 Å². The molecule has 0 spiro atoms. The minimum absolute atomic E-state index is 0.00100. The summed E-state index contributed by atoms with van der Waals surface area (Å²) in [7, 11) is 2.20. The number of allylic oxidation sites excluding steroid dienone is 3. The molecule has 152 valence electrons. The van der Waals surface area contributed by atoms with E-state index < -0.39 is 5.92 Å². The smallest absolute Gasteiger partial charge is 0.116 e. The number of halogens is 1. The van der Waals surface area contributed by atoms with Crippen LogP contribution in [0.15, 0.2) is 52.5 Å². The highest BCUT2D eigenvalue weighted by molar-refractivity contribution is 6.31. The summed E-state index contributed by atoms with van der Waals surface area (Å²) in [6.07, 6.45) is 0. The number of likely N-dealkylation sites (N-methyl/N-ethyl adjacent to an activating group) is 1. The number of hydrogen-bond donors (Lipinski definition) is 3. The minimum atomic E-state index is -0.841. The number of nitrogens with zero attached hydrogens (tertiary/aromatic N) is 4. The van der Waals surface area contributed by atoms with Crippen molar-refractivity contribution in [2.24, 2.45) is 5.73 Å². The fourth-order valence-corrected chi connectivity index (χ4v) is 3.28. The molecule has 0 amide bonds. The van der Waals surface area contributed by atoms with Crippen molar-refractivity contribution >= 4 is 17.5 Å². The minimum Gasteiger partial charge on any atom is -0.762 e. The van der Waals surface area contributed by atoms with Gasteiger partial charge in [0.05, 0.1) is 60.7 Å². The van der Waals surface area contributed by atoms with Crippen molar-refractivity contribution in [1.82, 2.24) is 5.32 Å². The fraction of sp³-hybridized carbons (Fsp3) is 0.286. The Bertz CT molecular complexity index is 1040. The van der Waals surface area contributed by atoms with Gasteiger partial charge in [0.2, 0.25) is 0 Å². The Labute approximate surface area is 180 Å². The van der Waals surface area contributed by atoms with E-state index in [4.69, 9.17) is 32.7 Å². The van der Waals surface area contributed by atoms with Gasteiger partial charge in [-0.2, -0.15) is 15.8 Å². The summed E-state index contributed by atoms with van der Waals surface area (Å²) in [5.41, 5.74) is 6.20. The molecule has 0 aromatic heterocycles. The van der Waals surface area contributed by atoms with Crippen molar-refractivity contribution in [3.05, 3.63) is 68.5 Å². The van der Waals surface area contributed by atoms with Crippen LogP contribution >= 0.6 is 11.6 Å². The fourth-order valence-electron chi connectivity index (χ4n) is 3.03. The number of nitrogens with one attached hydrogen (secondary N) is 2. The summed E-state index contributed by atoms with van der Waals surface area (Å²) in [5, 5.41) is 40.0. The maximum atomic E-state index is 9.53. The van der Waals surface area contributed by atoms with Gasteiger partial charge in [0.15, 0.2) is 0 Å². The maximum Gasteiger partial charge on any atom is 0.116 e. The van der Waals surface area contributed by atoms with Crippen LogP contribution in [0.3, 0.4) is 0 Å². The Morgan fingerprint density at radius 3 is 2.30 bits per heavy atom. The van der Waals surface area contributed by atoms with Crippen LogP contribution < -0.4 is 16.0 Å². The molecule has 0 saturated carbocycles. The molecule has 9 heteroatoms. The third-order valence-electron chi connectivity index (χ3n) is 4.67. The van der Waals surface area contributed by atoms with E-state index in [0.29, 0.717) is 10.6 Å². The van der Waals surface area contributed by atoms with Gasteiger partial charge < -0.3 is 26.1 Å². The van der Waals surface area contributed by atoms with Crippen molar-refractivity contribution < 1.29 is 9.64 Å². The van der Waals surface area contributed by atoms with Crippen molar-refractivity contribution in [1.29, 1.82) is 15.8 Å². The highest BCUT2D eigenvalue weighted by Crippen LogP contribution is 2.40. The molecule has 0 bridgehead atoms. The van der Waals surface area contributed by atoms with Crippen molar-refractivity contribution in [2.45, 2.75) is 5.92 Å². The van der Waals surface area contributed by atoms with E-state index in [0.717, 1.165) is 13.2 Å². The Kier molecular flexibility index (Phi) is 8.20. The van der Waals surface area contributed by atoms with Gasteiger partial charge in [-0.25, -0.2) is 5.87 Å². The summed E-state index contributed by atoms with van der Waals surface area (Å²) in [6, 6.07) is 12.3. The summed E-state index contributed by atoms with van der Waals surface area (Å²) in [5.74, 6) is 0.856. The summed E-state index contributed by atoms with van der Waals surface area (Å²) < 4.78 is 5.12. The lowest BCUT2D eigenvalue weighted by Crippen LogP contribution is -3.11. The van der Waals surface area contributed by atoms with Gasteiger partial charge in [0.25, 0.3) is 0 Å². The first-order valence-corrected chi connectivity index (χ1v) is 9.48. The third kappa shape index (κ3) is 5.07. The average Bonchev–Trinajstić information content (AvgIpc) is 2.75. The average molecular weight is 422 g/mol. The molecule has 30 heavy (non-hydrogen) atoms. The van der Waals surface area contributed by atoms with Gasteiger partial charge in [-0.1, -0.05) is 29.8 Å². The molecule has 1 aromatic rings. The van der Waals surface area contributed by atoms with Gasteiger partial charge in [-0.15, -0.1) is 0 Å². The predicted octanol–water partition coefficient (Wildman–Crippen LogP) is 0.719. The van der Waals surface area contributed by atoms with Crippen LogP contribution in [-0.2, 0) is 4.74 Å². The summed E-state index contributed by atoms with van der Waals surface area (Å²) >= 11 is 6.18. The number of benzene rings is 1. The third-order valence-corrected chi connectivity index (χ3v) is 5.02. The quantitative estimate of drug-likeness (QED) is 0.473. The molecule has 8 nitrogen and oxygen atoms in total. The molecule has 4 N–H and O–H groups in total. The van der Waals surface area contributed by atoms with Crippen LogP contribution in [0.4, 0.5) is 0 Å². The van der Waals surface area contributed by atoms with Crippen LogP contribution in [0.2, 0.25) is 5.02 Å². The lowest BCUT2D eigenvalue weighted by atomic mass is 9.81. The van der Waals surface area contributed by atoms with E-state index in [1.54, 1.807) is 41.1 Å². The molecule has 0 aliphatic carbocycles. The van der Waals surface area contributed by atoms with E-state index in [-0.39, 0.29) is 28.2 Å². The van der Waals surface area contributed by atoms with Crippen LogP contribution in [0, 0.1) is 34.0 Å². The molecule has 2 aliphatic heterocycles. The standard InChI is InChI=1S/C16H8ClN6.C5H11NO/c17-13-4-2-1-3-10(13)14-11(7-20)15(9(5-18)6-19)23-16(22)12(14)8-21;1-6-2-4-7-5-3-6/h1-4,14,23H,22H2;2-5H2,1H3/q-1;/p+1. The summed E-state index contributed by atoms with van der Waals surface area (Å²) in [6.45, 7) is 4.26. The molecule has 3 rings (SSSR count). The van der Waals surface area contributed by atoms with E-state index in [2.05, 4.69) is 12.4 Å². The lowest BCUT2D eigenvalue weighted by molar-refractivity contribution is -0.888. The zero-order chi connectivity index (χ0) is 22.1. The number of nitrogens with two attached hydrogens (primary N) is 1. The second kappa shape index (κ2) is 10.8. The predicted molar refractivity (Wildman–Crippen MR) is 112 cm³/mol. The highest BCUT2D eigenvalue weighted by atomic mass is 35.5. The number of rotatable bonds is 2. The van der Waals surface area contributed by atoms with Gasteiger partial charge in [-0.3, -0.25) is 0 Å². The van der Waals surface area contributed by atoms with Crippen molar-refractivity contribution in [3.8, 4) is 18.2 Å². The molecule has 2 aliphatic rings. The van der Waals surface area contributed by atoms with Crippen LogP contribution in [0.5, 0.6) is 0 Å². The molecule has 1 fully saturated rings. The monoisotopic (exact) mass is 421 g/mol. The number of ether oxygens (including phenoxy) is 1. The van der Waals surface area contributed by atoms with E-state index in [1.165, 1.54) is 13.1 Å².